The van der Waals surface area contributed by atoms with Crippen molar-refractivity contribution in [2.24, 2.45) is 10.2 Å². The van der Waals surface area contributed by atoms with E-state index in [2.05, 4.69) is 15.2 Å². The molecule has 0 saturated heterocycles. The van der Waals surface area contributed by atoms with Crippen molar-refractivity contribution >= 4 is 22.5 Å². The molecule has 2 N–H and O–H groups in total. The summed E-state index contributed by atoms with van der Waals surface area (Å²) in [6.45, 7) is 1.56. The number of carbonyl (C=O) groups excluding carboxylic acids is 1. The number of hydrogen-bond donors (Lipinski definition) is 2. The highest BCUT2D eigenvalue weighted by Crippen LogP contribution is 2.35. The van der Waals surface area contributed by atoms with Crippen LogP contribution in [0.2, 0.25) is 0 Å². The molecule has 1 heterocycles. The summed E-state index contributed by atoms with van der Waals surface area (Å²) in [7, 11) is 0. The highest BCUT2D eigenvalue weighted by atomic mass is 16.5. The number of amides is 1. The Morgan fingerprint density at radius 3 is 2.92 bits per heavy atom. The lowest BCUT2D eigenvalue weighted by Crippen LogP contribution is -2.08. The zero-order valence-corrected chi connectivity index (χ0v) is 13.4. The number of para-hydroxylation sites is 1. The van der Waals surface area contributed by atoms with E-state index in [1.54, 1.807) is 24.3 Å². The number of carbonyl (C=O) groups is 1. The van der Waals surface area contributed by atoms with E-state index < -0.39 is 5.91 Å². The Hall–Kier alpha value is -3.66. The van der Waals surface area contributed by atoms with Gasteiger partial charge in [-0.15, -0.1) is 10.2 Å². The van der Waals surface area contributed by atoms with Gasteiger partial charge in [-0.05, 0) is 31.2 Å². The molecule has 3 rings (SSSR count). The average Bonchev–Trinajstić information content (AvgIpc) is 2.93. The number of aryl methyl sites for hydroxylation is 1. The molecule has 7 heteroatoms. The normalized spacial score (nSPS) is 10.9. The summed E-state index contributed by atoms with van der Waals surface area (Å²) in [5.74, 6) is -0.485. The second-order valence-electron chi connectivity index (χ2n) is 5.36. The predicted octanol–water partition coefficient (Wildman–Crippen LogP) is 3.74. The van der Waals surface area contributed by atoms with Gasteiger partial charge in [0.2, 0.25) is 5.88 Å². The Morgan fingerprint density at radius 1 is 1.32 bits per heavy atom. The first kappa shape index (κ1) is 16.2. The molecule has 1 amide bonds. The van der Waals surface area contributed by atoms with Gasteiger partial charge in [-0.25, -0.2) is 0 Å². The zero-order chi connectivity index (χ0) is 17.8. The lowest BCUT2D eigenvalue weighted by atomic mass is 10.2. The number of fused-ring (bicyclic) bond motifs is 1. The van der Waals surface area contributed by atoms with Gasteiger partial charge in [0, 0.05) is 5.39 Å². The van der Waals surface area contributed by atoms with Crippen LogP contribution >= 0.6 is 0 Å². The molecule has 0 fully saturated rings. The van der Waals surface area contributed by atoms with Crippen molar-refractivity contribution < 1.29 is 14.6 Å². The van der Waals surface area contributed by atoms with E-state index in [0.29, 0.717) is 22.2 Å². The van der Waals surface area contributed by atoms with Gasteiger partial charge >= 0.3 is 5.91 Å². The Morgan fingerprint density at radius 2 is 2.12 bits per heavy atom. The molecular weight excluding hydrogens is 320 g/mol. The summed E-state index contributed by atoms with van der Waals surface area (Å²) >= 11 is 0. The third-order valence-electron chi connectivity index (χ3n) is 3.53. The Kier molecular flexibility index (Phi) is 4.44. The summed E-state index contributed by atoms with van der Waals surface area (Å²) < 4.78 is 5.30. The second-order valence-corrected chi connectivity index (χ2v) is 5.36. The summed E-state index contributed by atoms with van der Waals surface area (Å²) in [5, 5.41) is 27.0. The number of azo groups is 1. The first-order chi connectivity index (χ1) is 12.1. The number of ether oxygens (including phenoxy) is 1. The van der Waals surface area contributed by atoms with Gasteiger partial charge in [0.25, 0.3) is 0 Å². The highest BCUT2D eigenvalue weighted by molar-refractivity contribution is 5.94. The van der Waals surface area contributed by atoms with E-state index in [1.165, 1.54) is 0 Å². The van der Waals surface area contributed by atoms with E-state index in [4.69, 9.17) is 10.00 Å². The van der Waals surface area contributed by atoms with E-state index in [9.17, 15) is 9.90 Å². The summed E-state index contributed by atoms with van der Waals surface area (Å²) in [6.07, 6.45) is 0. The van der Waals surface area contributed by atoms with E-state index >= 15 is 0 Å². The molecule has 0 aliphatic carbocycles. The molecule has 25 heavy (non-hydrogen) atoms. The topological polar surface area (TPSA) is 111 Å². The van der Waals surface area contributed by atoms with Gasteiger partial charge in [0.15, 0.2) is 12.3 Å². The Balaban J connectivity index is 1.74. The van der Waals surface area contributed by atoms with Gasteiger partial charge in [0.05, 0.1) is 11.1 Å². The number of aromatic nitrogens is 1. The molecule has 0 aliphatic heterocycles. The van der Waals surface area contributed by atoms with Crippen molar-refractivity contribution in [1.29, 1.82) is 5.26 Å². The lowest BCUT2D eigenvalue weighted by molar-refractivity contribution is -0.120. The van der Waals surface area contributed by atoms with Crippen LogP contribution in [0.1, 0.15) is 11.1 Å². The van der Waals surface area contributed by atoms with Crippen molar-refractivity contribution in [3.8, 4) is 17.7 Å². The van der Waals surface area contributed by atoms with Crippen LogP contribution in [0.15, 0.2) is 52.7 Å². The highest BCUT2D eigenvalue weighted by Gasteiger charge is 2.11. The van der Waals surface area contributed by atoms with E-state index in [-0.39, 0.29) is 18.2 Å². The standard InChI is InChI=1S/C18H14N4O3/c1-11-6-7-14-13(8-11)17(18(24)20-14)22-21-16(23)10-25-15-5-3-2-4-12(15)9-19/h2-8,20,24H,10H2,1H3. The fraction of sp³-hybridized carbons (Fsp3) is 0.111. The minimum atomic E-state index is -0.630. The van der Waals surface area contributed by atoms with Crippen LogP contribution in [0.3, 0.4) is 0 Å². The van der Waals surface area contributed by atoms with Gasteiger partial charge in [0.1, 0.15) is 11.8 Å². The number of nitrogens with one attached hydrogen (secondary N) is 1. The van der Waals surface area contributed by atoms with Crippen molar-refractivity contribution in [3.05, 3.63) is 53.6 Å². The number of hydrogen-bond acceptors (Lipinski definition) is 5. The van der Waals surface area contributed by atoms with E-state index in [1.807, 2.05) is 31.2 Å². The average molecular weight is 334 g/mol. The molecular formula is C18H14N4O3. The summed E-state index contributed by atoms with van der Waals surface area (Å²) in [5.41, 5.74) is 2.22. The van der Waals surface area contributed by atoms with Crippen LogP contribution in [0.4, 0.5) is 5.69 Å². The van der Waals surface area contributed by atoms with Crippen LogP contribution in [-0.2, 0) is 4.79 Å². The minimum Gasteiger partial charge on any atom is -0.493 e. The molecule has 0 aliphatic rings. The minimum absolute atomic E-state index is 0.159. The molecule has 7 nitrogen and oxygen atoms in total. The third-order valence-corrected chi connectivity index (χ3v) is 3.53. The number of benzene rings is 2. The zero-order valence-electron chi connectivity index (χ0n) is 13.4. The number of nitriles is 1. The number of H-pyrrole nitrogens is 1. The maximum Gasteiger partial charge on any atom is 0.302 e. The monoisotopic (exact) mass is 334 g/mol. The first-order valence-electron chi connectivity index (χ1n) is 7.46. The second kappa shape index (κ2) is 6.84. The molecule has 0 bridgehead atoms. The third kappa shape index (κ3) is 3.48. The molecule has 0 atom stereocenters. The predicted molar refractivity (Wildman–Crippen MR) is 90.9 cm³/mol. The smallest absolute Gasteiger partial charge is 0.302 e. The van der Waals surface area contributed by atoms with Crippen LogP contribution in [-0.4, -0.2) is 22.6 Å². The van der Waals surface area contributed by atoms with Crippen LogP contribution in [0, 0.1) is 18.3 Å². The van der Waals surface area contributed by atoms with Gasteiger partial charge in [-0.1, -0.05) is 23.8 Å². The quantitative estimate of drug-likeness (QED) is 0.708. The number of aromatic hydroxyl groups is 1. The molecule has 1 aromatic heterocycles. The van der Waals surface area contributed by atoms with Gasteiger partial charge in [-0.2, -0.15) is 5.26 Å². The molecule has 0 spiro atoms. The van der Waals surface area contributed by atoms with Crippen molar-refractivity contribution in [2.45, 2.75) is 6.92 Å². The number of aromatic amines is 1. The molecule has 0 unspecified atom stereocenters. The van der Waals surface area contributed by atoms with Crippen molar-refractivity contribution in [3.63, 3.8) is 0 Å². The van der Waals surface area contributed by atoms with Crippen LogP contribution < -0.4 is 4.74 Å². The lowest BCUT2D eigenvalue weighted by Gasteiger charge is -2.04. The summed E-state index contributed by atoms with van der Waals surface area (Å²) in [4.78, 5) is 14.6. The molecule has 3 aromatic rings. The molecule has 0 radical (unpaired) electrons. The molecule has 0 saturated carbocycles. The van der Waals surface area contributed by atoms with Crippen LogP contribution in [0.25, 0.3) is 10.9 Å². The summed E-state index contributed by atoms with van der Waals surface area (Å²) in [6, 6.07) is 14.1. The SMILES string of the molecule is Cc1ccc2[nH]c(O)c(N=NC(=O)COc3ccccc3C#N)c2c1. The Labute approximate surface area is 143 Å². The Bertz CT molecular complexity index is 1010. The maximum atomic E-state index is 11.9. The van der Waals surface area contributed by atoms with Crippen molar-refractivity contribution in [2.75, 3.05) is 6.61 Å². The van der Waals surface area contributed by atoms with Crippen LogP contribution in [0.5, 0.6) is 11.6 Å². The molecule has 2 aromatic carbocycles. The fourth-order valence-electron chi connectivity index (χ4n) is 2.34. The maximum absolute atomic E-state index is 11.9. The van der Waals surface area contributed by atoms with Crippen molar-refractivity contribution in [1.82, 2.24) is 4.98 Å². The fourth-order valence-corrected chi connectivity index (χ4v) is 2.34. The van der Waals surface area contributed by atoms with Gasteiger partial charge < -0.3 is 14.8 Å². The number of rotatable bonds is 4. The van der Waals surface area contributed by atoms with Gasteiger partial charge in [-0.3, -0.25) is 4.79 Å². The van der Waals surface area contributed by atoms with E-state index in [0.717, 1.165) is 5.56 Å². The molecule has 124 valence electrons. The largest absolute Gasteiger partial charge is 0.493 e. The first-order valence-corrected chi connectivity index (χ1v) is 7.46. The number of nitrogens with zero attached hydrogens (tertiary/aromatic N) is 3.